The van der Waals surface area contributed by atoms with E-state index in [9.17, 15) is 17.8 Å². The third-order valence-electron chi connectivity index (χ3n) is 3.72. The predicted molar refractivity (Wildman–Crippen MR) is 101 cm³/mol. The number of rotatable bonds is 5. The third-order valence-corrected chi connectivity index (χ3v) is 4.60. The molecule has 3 N–H and O–H groups in total. The number of fused-ring (bicyclic) bond motifs is 1. The first-order valence-corrected chi connectivity index (χ1v) is 9.13. The largest absolute Gasteiger partial charge is 0.364 e. The summed E-state index contributed by atoms with van der Waals surface area (Å²) in [4.78, 5) is 15.2. The quantitative estimate of drug-likeness (QED) is 0.269. The Bertz CT molecular complexity index is 1110. The van der Waals surface area contributed by atoms with Gasteiger partial charge in [0, 0.05) is 17.7 Å². The van der Waals surface area contributed by atoms with Crippen molar-refractivity contribution >= 4 is 44.6 Å². The minimum absolute atomic E-state index is 0.213. The average Bonchev–Trinajstić information content (AvgIpc) is 2.66. The Hall–Kier alpha value is -3.27. The smallest absolute Gasteiger partial charge is 0.288 e. The maximum atomic E-state index is 12.0. The Morgan fingerprint density at radius 1 is 1.07 bits per heavy atom. The van der Waals surface area contributed by atoms with Crippen molar-refractivity contribution < 1.29 is 23.0 Å². The van der Waals surface area contributed by atoms with Gasteiger partial charge in [0.05, 0.1) is 16.9 Å². The van der Waals surface area contributed by atoms with E-state index < -0.39 is 16.2 Å². The molecule has 0 aliphatic carbocycles. The zero-order chi connectivity index (χ0) is 19.4. The zero-order valence-electron chi connectivity index (χ0n) is 13.9. The van der Waals surface area contributed by atoms with Crippen LogP contribution in [0.25, 0.3) is 17.0 Å². The van der Waals surface area contributed by atoms with Crippen LogP contribution < -0.4 is 9.79 Å². The summed E-state index contributed by atoms with van der Waals surface area (Å²) >= 11 is 0. The maximum absolute atomic E-state index is 12.0. The van der Waals surface area contributed by atoms with E-state index in [1.165, 1.54) is 23.7 Å². The minimum Gasteiger partial charge on any atom is -0.288 e. The van der Waals surface area contributed by atoms with Gasteiger partial charge in [-0.2, -0.15) is 8.42 Å². The lowest BCUT2D eigenvalue weighted by Gasteiger charge is -2.21. The van der Waals surface area contributed by atoms with Gasteiger partial charge in [-0.25, -0.2) is 9.79 Å². The summed E-state index contributed by atoms with van der Waals surface area (Å²) in [6.07, 6.45) is 4.19. The van der Waals surface area contributed by atoms with Gasteiger partial charge in [-0.05, 0) is 48.0 Å². The number of benzene rings is 2. The van der Waals surface area contributed by atoms with Crippen LogP contribution in [-0.2, 0) is 15.1 Å². The molecular weight excluding hydrogens is 370 g/mol. The van der Waals surface area contributed by atoms with Gasteiger partial charge in [-0.3, -0.25) is 19.5 Å². The highest BCUT2D eigenvalue weighted by atomic mass is 32.2. The number of nitrogens with zero attached hydrogens (tertiary/aromatic N) is 2. The molecule has 0 fully saturated rings. The molecule has 0 saturated carbocycles. The lowest BCUT2D eigenvalue weighted by atomic mass is 10.1. The van der Waals surface area contributed by atoms with Crippen LogP contribution in [0.15, 0.2) is 66.9 Å². The molecule has 0 atom stereocenters. The molecule has 138 valence electrons. The molecule has 1 heterocycles. The van der Waals surface area contributed by atoms with Crippen molar-refractivity contribution in [3.05, 3.63) is 72.4 Å². The number of hydroxylamine groups is 1. The first-order valence-electron chi connectivity index (χ1n) is 7.73. The summed E-state index contributed by atoms with van der Waals surface area (Å²) in [6, 6.07) is 14.4. The highest BCUT2D eigenvalue weighted by Crippen LogP contribution is 2.30. The molecular formula is C18H15N3O5S. The molecule has 3 aromatic rings. The van der Waals surface area contributed by atoms with E-state index in [1.807, 2.05) is 0 Å². The summed E-state index contributed by atoms with van der Waals surface area (Å²) < 4.78 is 34.5. The molecule has 0 radical (unpaired) electrons. The minimum atomic E-state index is -4.58. The molecule has 9 heteroatoms. The number of carbonyl (C=O) groups is 1. The van der Waals surface area contributed by atoms with E-state index in [0.717, 1.165) is 15.8 Å². The molecule has 27 heavy (non-hydrogen) atoms. The lowest BCUT2D eigenvalue weighted by molar-refractivity contribution is -0.124. The number of carbonyl (C=O) groups excluding carboxylic acids is 1. The van der Waals surface area contributed by atoms with Gasteiger partial charge in [0.2, 0.25) is 0 Å². The van der Waals surface area contributed by atoms with Gasteiger partial charge in [-0.1, -0.05) is 18.2 Å². The molecule has 0 unspecified atom stereocenters. The summed E-state index contributed by atoms with van der Waals surface area (Å²) in [5.74, 6) is -0.691. The number of hydrogen-bond donors (Lipinski definition) is 3. The summed E-state index contributed by atoms with van der Waals surface area (Å²) in [7, 11) is -4.58. The van der Waals surface area contributed by atoms with Crippen molar-refractivity contribution in [1.82, 2.24) is 10.5 Å². The van der Waals surface area contributed by atoms with Crippen LogP contribution in [0.3, 0.4) is 0 Å². The van der Waals surface area contributed by atoms with Crippen LogP contribution in [0.4, 0.5) is 11.4 Å². The predicted octanol–water partition coefficient (Wildman–Crippen LogP) is 2.69. The Labute approximate surface area is 155 Å². The van der Waals surface area contributed by atoms with E-state index in [1.54, 1.807) is 48.7 Å². The van der Waals surface area contributed by atoms with Crippen LogP contribution in [0.5, 0.6) is 0 Å². The number of pyridine rings is 1. The van der Waals surface area contributed by atoms with Crippen molar-refractivity contribution in [2.45, 2.75) is 0 Å². The maximum Gasteiger partial charge on any atom is 0.364 e. The van der Waals surface area contributed by atoms with Gasteiger partial charge >= 0.3 is 10.3 Å². The number of anilines is 2. The van der Waals surface area contributed by atoms with E-state index in [0.29, 0.717) is 11.1 Å². The molecule has 3 rings (SSSR count). The lowest BCUT2D eigenvalue weighted by Crippen LogP contribution is -2.25. The molecule has 1 aromatic heterocycles. The molecule has 0 bridgehead atoms. The highest BCUT2D eigenvalue weighted by molar-refractivity contribution is 7.87. The second kappa shape index (κ2) is 7.54. The normalized spacial score (nSPS) is 11.6. The van der Waals surface area contributed by atoms with E-state index in [4.69, 9.17) is 5.21 Å². The van der Waals surface area contributed by atoms with Crippen LogP contribution in [0.1, 0.15) is 5.56 Å². The van der Waals surface area contributed by atoms with Gasteiger partial charge in [-0.15, -0.1) is 0 Å². The van der Waals surface area contributed by atoms with Gasteiger partial charge in [0.15, 0.2) is 0 Å². The van der Waals surface area contributed by atoms with Gasteiger partial charge < -0.3 is 0 Å². The first kappa shape index (κ1) is 18.5. The number of amides is 1. The number of hydrogen-bond acceptors (Lipinski definition) is 5. The second-order valence-electron chi connectivity index (χ2n) is 5.52. The fourth-order valence-corrected chi connectivity index (χ4v) is 3.30. The standard InChI is InChI=1S/C18H15N3O5S/c22-18(20-23)10-5-13-3-6-15(7-4-13)21(27(24,25)26)16-8-9-17-14(12-16)2-1-11-19-17/h1-12,23H,(H,20,22)(H,24,25,26)/b10-5+. The Morgan fingerprint density at radius 3 is 2.44 bits per heavy atom. The SMILES string of the molecule is O=C(/C=C/c1ccc(N(c2ccc3ncccc3c2)S(=O)(=O)O)cc1)NO. The molecule has 8 nitrogen and oxygen atoms in total. The van der Waals surface area contributed by atoms with Gasteiger partial charge in [0.1, 0.15) is 0 Å². The molecule has 0 spiro atoms. The fourth-order valence-electron chi connectivity index (χ4n) is 2.53. The van der Waals surface area contributed by atoms with Crippen LogP contribution in [0.2, 0.25) is 0 Å². The van der Waals surface area contributed by atoms with E-state index in [-0.39, 0.29) is 11.4 Å². The molecule has 1 amide bonds. The van der Waals surface area contributed by atoms with Gasteiger partial charge in [0.25, 0.3) is 5.91 Å². The van der Waals surface area contributed by atoms with Crippen LogP contribution in [-0.4, -0.2) is 29.1 Å². The zero-order valence-corrected chi connectivity index (χ0v) is 14.7. The Kier molecular flexibility index (Phi) is 5.17. The third kappa shape index (κ3) is 4.29. The highest BCUT2D eigenvalue weighted by Gasteiger charge is 2.22. The van der Waals surface area contributed by atoms with Crippen LogP contribution >= 0.6 is 0 Å². The summed E-state index contributed by atoms with van der Waals surface area (Å²) in [6.45, 7) is 0. The number of nitrogens with one attached hydrogen (secondary N) is 1. The van der Waals surface area contributed by atoms with Crippen molar-refractivity contribution in [3.63, 3.8) is 0 Å². The topological polar surface area (TPSA) is 120 Å². The average molecular weight is 385 g/mol. The molecule has 0 saturated heterocycles. The molecule has 0 aliphatic rings. The van der Waals surface area contributed by atoms with Crippen LogP contribution in [0, 0.1) is 0 Å². The Balaban J connectivity index is 2.00. The van der Waals surface area contributed by atoms with Crippen molar-refractivity contribution in [3.8, 4) is 0 Å². The molecule has 0 aliphatic heterocycles. The molecule has 2 aromatic carbocycles. The number of aromatic nitrogens is 1. The van der Waals surface area contributed by atoms with E-state index >= 15 is 0 Å². The Morgan fingerprint density at radius 2 is 1.78 bits per heavy atom. The van der Waals surface area contributed by atoms with E-state index in [2.05, 4.69) is 4.98 Å². The fraction of sp³-hybridized carbons (Fsp3) is 0. The monoisotopic (exact) mass is 385 g/mol. The summed E-state index contributed by atoms with van der Waals surface area (Å²) in [5.41, 5.74) is 3.22. The van der Waals surface area contributed by atoms with Crippen molar-refractivity contribution in [2.24, 2.45) is 0 Å². The first-order chi connectivity index (χ1) is 12.9. The summed E-state index contributed by atoms with van der Waals surface area (Å²) in [5, 5.41) is 9.18. The van der Waals surface area contributed by atoms with Crippen molar-refractivity contribution in [2.75, 3.05) is 4.31 Å². The second-order valence-corrected chi connectivity index (χ2v) is 6.78. The van der Waals surface area contributed by atoms with Crippen molar-refractivity contribution in [1.29, 1.82) is 0 Å².